The van der Waals surface area contributed by atoms with Gasteiger partial charge in [-0.1, -0.05) is 0 Å². The molecule has 0 atom stereocenters. The molecule has 23 heavy (non-hydrogen) atoms. The Hall–Kier alpha value is -1.08. The zero-order chi connectivity index (χ0) is 16.2. The number of hydrogen-bond acceptors (Lipinski definition) is 3. The van der Waals surface area contributed by atoms with Crippen molar-refractivity contribution in [2.24, 2.45) is 0 Å². The fourth-order valence-corrected chi connectivity index (χ4v) is 4.62. The number of aryl methyl sites for hydroxylation is 1. The number of hydrogen-bond donors (Lipinski definition) is 0. The molecule has 2 aromatic rings. The van der Waals surface area contributed by atoms with Crippen LogP contribution in [0.1, 0.15) is 43.1 Å². The lowest BCUT2D eigenvalue weighted by atomic mass is 9.83. The largest absolute Gasteiger partial charge is 0.299 e. The Morgan fingerprint density at radius 3 is 2.57 bits per heavy atom. The van der Waals surface area contributed by atoms with Crippen LogP contribution < -0.4 is 0 Å². The van der Waals surface area contributed by atoms with E-state index in [0.717, 1.165) is 47.3 Å². The second-order valence-corrected chi connectivity index (χ2v) is 7.51. The van der Waals surface area contributed by atoms with Gasteiger partial charge in [0.05, 0.1) is 18.8 Å². The summed E-state index contributed by atoms with van der Waals surface area (Å²) >= 11 is 3.54. The van der Waals surface area contributed by atoms with Crippen molar-refractivity contribution in [1.82, 2.24) is 19.3 Å². The van der Waals surface area contributed by atoms with E-state index in [9.17, 15) is 8.78 Å². The number of fused-ring (bicyclic) bond motifs is 1. The molecule has 3 heterocycles. The monoisotopic (exact) mass is 384 g/mol. The number of nitrogens with zero attached hydrogens (tertiary/aromatic N) is 4. The van der Waals surface area contributed by atoms with Crippen LogP contribution >= 0.6 is 15.9 Å². The molecule has 2 aliphatic rings. The first-order chi connectivity index (χ1) is 10.9. The van der Waals surface area contributed by atoms with E-state index >= 15 is 0 Å². The van der Waals surface area contributed by atoms with Gasteiger partial charge in [-0.15, -0.1) is 0 Å². The van der Waals surface area contributed by atoms with Crippen LogP contribution in [0.5, 0.6) is 0 Å². The van der Waals surface area contributed by atoms with Crippen LogP contribution in [0.3, 0.4) is 0 Å². The van der Waals surface area contributed by atoms with Crippen molar-refractivity contribution in [3.63, 3.8) is 0 Å². The van der Waals surface area contributed by atoms with E-state index < -0.39 is 5.92 Å². The summed E-state index contributed by atoms with van der Waals surface area (Å²) in [7, 11) is 0. The van der Waals surface area contributed by atoms with Crippen LogP contribution in [0, 0.1) is 6.92 Å². The standard InChI is InChI=1S/C16H19BrF2N4/c1-10-13-14(17)21-15(23(13)7-6-20-10)11-2-4-12(5-3-11)22-8-16(18,19)9-22/h6-7,11-12H,2-5,8-9H2,1H3. The molecule has 124 valence electrons. The lowest BCUT2D eigenvalue weighted by Gasteiger charge is -2.46. The number of rotatable bonds is 2. The highest BCUT2D eigenvalue weighted by Gasteiger charge is 2.47. The Kier molecular flexibility index (Phi) is 3.68. The van der Waals surface area contributed by atoms with Crippen molar-refractivity contribution < 1.29 is 8.78 Å². The van der Waals surface area contributed by atoms with E-state index in [-0.39, 0.29) is 13.1 Å². The summed E-state index contributed by atoms with van der Waals surface area (Å²) in [4.78, 5) is 11.0. The van der Waals surface area contributed by atoms with Gasteiger partial charge in [-0.25, -0.2) is 13.8 Å². The van der Waals surface area contributed by atoms with Crippen molar-refractivity contribution in [2.45, 2.75) is 50.5 Å². The van der Waals surface area contributed by atoms with Crippen molar-refractivity contribution in [1.29, 1.82) is 0 Å². The molecule has 0 radical (unpaired) electrons. The molecular formula is C16H19BrF2N4. The lowest BCUT2D eigenvalue weighted by Crippen LogP contribution is -2.60. The maximum absolute atomic E-state index is 13.0. The van der Waals surface area contributed by atoms with E-state index in [1.54, 1.807) is 6.20 Å². The molecule has 0 N–H and O–H groups in total. The SMILES string of the molecule is Cc1nccn2c(C3CCC(N4CC(F)(F)C4)CC3)nc(Br)c12. The maximum Gasteiger partial charge on any atom is 0.272 e. The van der Waals surface area contributed by atoms with E-state index in [4.69, 9.17) is 4.98 Å². The normalized spacial score (nSPS) is 28.0. The number of imidazole rings is 1. The number of alkyl halides is 2. The third-order valence-corrected chi connectivity index (χ3v) is 5.72. The molecule has 1 saturated heterocycles. The summed E-state index contributed by atoms with van der Waals surface area (Å²) in [6.07, 6.45) is 7.69. The third-order valence-electron chi connectivity index (χ3n) is 5.17. The summed E-state index contributed by atoms with van der Waals surface area (Å²) in [5, 5.41) is 0. The minimum atomic E-state index is -2.47. The molecule has 0 unspecified atom stereocenters. The molecule has 2 fully saturated rings. The molecule has 4 nitrogen and oxygen atoms in total. The van der Waals surface area contributed by atoms with Crippen LogP contribution in [0.4, 0.5) is 8.78 Å². The van der Waals surface area contributed by atoms with E-state index in [1.807, 2.05) is 18.0 Å². The molecule has 7 heteroatoms. The van der Waals surface area contributed by atoms with Crippen molar-refractivity contribution in [3.05, 3.63) is 28.5 Å². The molecule has 2 aromatic heterocycles. The zero-order valence-electron chi connectivity index (χ0n) is 13.0. The fourth-order valence-electron chi connectivity index (χ4n) is 3.96. The molecule has 0 bridgehead atoms. The zero-order valence-corrected chi connectivity index (χ0v) is 14.6. The average Bonchev–Trinajstić information content (AvgIpc) is 2.83. The number of likely N-dealkylation sites (tertiary alicyclic amines) is 1. The molecular weight excluding hydrogens is 366 g/mol. The Morgan fingerprint density at radius 2 is 1.91 bits per heavy atom. The van der Waals surface area contributed by atoms with Crippen molar-refractivity contribution in [3.8, 4) is 0 Å². The summed E-state index contributed by atoms with van der Waals surface area (Å²) in [5.41, 5.74) is 1.97. The second kappa shape index (κ2) is 5.48. The molecule has 4 rings (SSSR count). The Labute approximate surface area is 142 Å². The van der Waals surface area contributed by atoms with Crippen LogP contribution in [-0.4, -0.2) is 44.3 Å². The first kappa shape index (κ1) is 15.4. The van der Waals surface area contributed by atoms with E-state index in [2.05, 4.69) is 25.3 Å². The summed E-state index contributed by atoms with van der Waals surface area (Å²) in [6.45, 7) is 1.85. The summed E-state index contributed by atoms with van der Waals surface area (Å²) in [5.74, 6) is -1.02. The van der Waals surface area contributed by atoms with Crippen LogP contribution in [0.25, 0.3) is 5.52 Å². The van der Waals surface area contributed by atoms with Crippen LogP contribution in [0.2, 0.25) is 0 Å². The minimum absolute atomic E-state index is 0.0644. The quantitative estimate of drug-likeness (QED) is 0.789. The predicted molar refractivity (Wildman–Crippen MR) is 86.9 cm³/mol. The van der Waals surface area contributed by atoms with E-state index in [1.165, 1.54) is 0 Å². The third kappa shape index (κ3) is 2.67. The van der Waals surface area contributed by atoms with Gasteiger partial charge >= 0.3 is 0 Å². The van der Waals surface area contributed by atoms with Crippen molar-refractivity contribution in [2.75, 3.05) is 13.1 Å². The summed E-state index contributed by atoms with van der Waals surface area (Å²) < 4.78 is 29.0. The molecule has 1 aliphatic carbocycles. The Bertz CT molecular complexity index is 729. The van der Waals surface area contributed by atoms with Gasteiger partial charge in [0.25, 0.3) is 5.92 Å². The molecule has 1 aliphatic heterocycles. The lowest BCUT2D eigenvalue weighted by molar-refractivity contribution is -0.150. The van der Waals surface area contributed by atoms with Gasteiger partial charge < -0.3 is 0 Å². The summed E-state index contributed by atoms with van der Waals surface area (Å²) in [6, 6.07) is 0.309. The Morgan fingerprint density at radius 1 is 1.22 bits per heavy atom. The molecule has 0 amide bonds. The molecule has 0 spiro atoms. The van der Waals surface area contributed by atoms with Gasteiger partial charge in [0.1, 0.15) is 15.9 Å². The van der Waals surface area contributed by atoms with Gasteiger partial charge in [-0.2, -0.15) is 0 Å². The van der Waals surface area contributed by atoms with Gasteiger partial charge in [0.15, 0.2) is 0 Å². The van der Waals surface area contributed by atoms with Gasteiger partial charge in [-0.3, -0.25) is 14.3 Å². The van der Waals surface area contributed by atoms with Crippen LogP contribution in [-0.2, 0) is 0 Å². The van der Waals surface area contributed by atoms with E-state index in [0.29, 0.717) is 12.0 Å². The Balaban J connectivity index is 1.50. The topological polar surface area (TPSA) is 33.4 Å². The highest BCUT2D eigenvalue weighted by atomic mass is 79.9. The van der Waals surface area contributed by atoms with Gasteiger partial charge in [0.2, 0.25) is 0 Å². The fraction of sp³-hybridized carbons (Fsp3) is 0.625. The average molecular weight is 385 g/mol. The second-order valence-electron chi connectivity index (χ2n) is 6.76. The molecule has 0 aromatic carbocycles. The number of halogens is 3. The predicted octanol–water partition coefficient (Wildman–Crippen LogP) is 3.78. The van der Waals surface area contributed by atoms with Gasteiger partial charge in [-0.05, 0) is 48.5 Å². The van der Waals surface area contributed by atoms with Crippen molar-refractivity contribution >= 4 is 21.4 Å². The minimum Gasteiger partial charge on any atom is -0.299 e. The van der Waals surface area contributed by atoms with Gasteiger partial charge in [0, 0.05) is 24.4 Å². The maximum atomic E-state index is 13.0. The first-order valence-electron chi connectivity index (χ1n) is 8.05. The van der Waals surface area contributed by atoms with Crippen LogP contribution in [0.15, 0.2) is 17.0 Å². The highest BCUT2D eigenvalue weighted by Crippen LogP contribution is 2.39. The highest BCUT2D eigenvalue weighted by molar-refractivity contribution is 9.10. The smallest absolute Gasteiger partial charge is 0.272 e. The molecule has 1 saturated carbocycles. The first-order valence-corrected chi connectivity index (χ1v) is 8.85. The number of aromatic nitrogens is 3.